The maximum absolute atomic E-state index is 13.0. The Bertz CT molecular complexity index is 833. The molecule has 2 aromatic rings. The van der Waals surface area contributed by atoms with E-state index in [0.717, 1.165) is 6.20 Å². The molecule has 0 aromatic carbocycles. The van der Waals surface area contributed by atoms with Gasteiger partial charge in [-0.2, -0.15) is 13.2 Å². The molecule has 3 rings (SSSR count). The summed E-state index contributed by atoms with van der Waals surface area (Å²) in [5, 5.41) is 9.04. The highest BCUT2D eigenvalue weighted by atomic mass is 79.9. The fraction of sp³-hybridized carbons (Fsp3) is 0.312. The van der Waals surface area contributed by atoms with Gasteiger partial charge in [-0.25, -0.2) is 9.78 Å². The first-order chi connectivity index (χ1) is 12.8. The van der Waals surface area contributed by atoms with Gasteiger partial charge in [0.1, 0.15) is 24.3 Å². The molecule has 144 valence electrons. The van der Waals surface area contributed by atoms with E-state index in [2.05, 4.69) is 25.9 Å². The van der Waals surface area contributed by atoms with E-state index < -0.39 is 24.1 Å². The topological polar surface area (TPSA) is 84.8 Å². The second kappa shape index (κ2) is 7.69. The number of aliphatic hydroxyl groups excluding tert-OH is 1. The van der Waals surface area contributed by atoms with E-state index in [1.807, 2.05) is 0 Å². The first-order valence-electron chi connectivity index (χ1n) is 7.67. The van der Waals surface area contributed by atoms with Crippen LogP contribution in [0.15, 0.2) is 35.1 Å². The summed E-state index contributed by atoms with van der Waals surface area (Å²) in [4.78, 5) is 20.4. The summed E-state index contributed by atoms with van der Waals surface area (Å²) in [6.45, 7) is -0.506. The molecular formula is C16H13BrF3N3O4. The lowest BCUT2D eigenvalue weighted by atomic mass is 10.2. The Morgan fingerprint density at radius 2 is 2.11 bits per heavy atom. The zero-order chi connectivity index (χ0) is 19.6. The lowest BCUT2D eigenvalue weighted by molar-refractivity contribution is -0.142. The highest BCUT2D eigenvalue weighted by molar-refractivity contribution is 9.10. The molecule has 1 aliphatic heterocycles. The van der Waals surface area contributed by atoms with Crippen LogP contribution in [0.5, 0.6) is 5.75 Å². The Hall–Kier alpha value is -2.40. The third-order valence-electron chi connectivity index (χ3n) is 3.67. The van der Waals surface area contributed by atoms with Gasteiger partial charge < -0.3 is 14.6 Å². The largest absolute Gasteiger partial charge is 0.487 e. The maximum Gasteiger partial charge on any atom is 0.433 e. The molecule has 7 nitrogen and oxygen atoms in total. The van der Waals surface area contributed by atoms with Gasteiger partial charge in [0.25, 0.3) is 0 Å². The number of alkyl halides is 3. The predicted molar refractivity (Wildman–Crippen MR) is 90.2 cm³/mol. The van der Waals surface area contributed by atoms with Crippen molar-refractivity contribution >= 4 is 27.8 Å². The Labute approximate surface area is 159 Å². The van der Waals surface area contributed by atoms with Crippen molar-refractivity contribution in [2.45, 2.75) is 18.9 Å². The van der Waals surface area contributed by atoms with Crippen LogP contribution in [-0.2, 0) is 17.5 Å². The number of amides is 1. The molecule has 0 spiro atoms. The van der Waals surface area contributed by atoms with Crippen molar-refractivity contribution in [3.63, 3.8) is 0 Å². The second-order valence-electron chi connectivity index (χ2n) is 5.60. The summed E-state index contributed by atoms with van der Waals surface area (Å²) >= 11 is 3.09. The number of aromatic nitrogens is 2. The van der Waals surface area contributed by atoms with Gasteiger partial charge in [0, 0.05) is 16.2 Å². The molecule has 1 N–H and O–H groups in total. The number of pyridine rings is 2. The zero-order valence-electron chi connectivity index (χ0n) is 13.6. The van der Waals surface area contributed by atoms with E-state index in [0.29, 0.717) is 4.47 Å². The number of ether oxygens (including phenoxy) is 2. The highest BCUT2D eigenvalue weighted by Crippen LogP contribution is 2.32. The van der Waals surface area contributed by atoms with Crippen LogP contribution in [-0.4, -0.2) is 40.4 Å². The molecule has 0 radical (unpaired) electrons. The van der Waals surface area contributed by atoms with Crippen molar-refractivity contribution in [2.75, 3.05) is 18.1 Å². The fourth-order valence-electron chi connectivity index (χ4n) is 2.43. The monoisotopic (exact) mass is 447 g/mol. The number of aliphatic hydroxyl groups is 1. The van der Waals surface area contributed by atoms with Gasteiger partial charge in [-0.15, -0.1) is 0 Å². The number of rotatable bonds is 5. The number of carbonyl (C=O) groups excluding carboxylic acids is 1. The predicted octanol–water partition coefficient (Wildman–Crippen LogP) is 3.15. The molecule has 1 atom stereocenters. The molecular weight excluding hydrogens is 435 g/mol. The molecule has 0 bridgehead atoms. The molecule has 1 unspecified atom stereocenters. The minimum absolute atomic E-state index is 0.130. The van der Waals surface area contributed by atoms with Crippen LogP contribution < -0.4 is 9.64 Å². The van der Waals surface area contributed by atoms with Crippen molar-refractivity contribution in [1.29, 1.82) is 0 Å². The third-order valence-corrected chi connectivity index (χ3v) is 4.10. The van der Waals surface area contributed by atoms with E-state index in [-0.39, 0.29) is 36.9 Å². The number of hydrogen-bond donors (Lipinski definition) is 1. The van der Waals surface area contributed by atoms with E-state index >= 15 is 0 Å². The van der Waals surface area contributed by atoms with Gasteiger partial charge >= 0.3 is 12.3 Å². The first kappa shape index (κ1) is 19.4. The number of cyclic esters (lactones) is 1. The first-order valence-corrected chi connectivity index (χ1v) is 8.46. The van der Waals surface area contributed by atoms with Gasteiger partial charge in [0.05, 0.1) is 19.3 Å². The molecule has 2 aromatic heterocycles. The average molecular weight is 448 g/mol. The minimum Gasteiger partial charge on any atom is -0.487 e. The molecule has 1 amide bonds. The lowest BCUT2D eigenvalue weighted by Crippen LogP contribution is -2.26. The minimum atomic E-state index is -4.60. The maximum atomic E-state index is 13.0. The summed E-state index contributed by atoms with van der Waals surface area (Å²) in [6, 6.07) is 4.23. The zero-order valence-corrected chi connectivity index (χ0v) is 15.2. The van der Waals surface area contributed by atoms with Crippen molar-refractivity contribution in [3.05, 3.63) is 46.3 Å². The van der Waals surface area contributed by atoms with Crippen molar-refractivity contribution in [2.24, 2.45) is 0 Å². The normalized spacial score (nSPS) is 17.1. The van der Waals surface area contributed by atoms with Crippen LogP contribution in [0.2, 0.25) is 0 Å². The number of nitrogens with zero attached hydrogens (tertiary/aromatic N) is 3. The summed E-state index contributed by atoms with van der Waals surface area (Å²) in [5.74, 6) is 0.501. The van der Waals surface area contributed by atoms with Gasteiger partial charge in [0.15, 0.2) is 5.69 Å². The Morgan fingerprint density at radius 3 is 2.70 bits per heavy atom. The second-order valence-corrected chi connectivity index (χ2v) is 6.51. The van der Waals surface area contributed by atoms with E-state index in [1.54, 1.807) is 0 Å². The van der Waals surface area contributed by atoms with Gasteiger partial charge in [-0.05, 0) is 34.1 Å². The van der Waals surface area contributed by atoms with Crippen molar-refractivity contribution in [1.82, 2.24) is 9.97 Å². The molecule has 0 saturated carbocycles. The summed E-state index contributed by atoms with van der Waals surface area (Å²) < 4.78 is 49.7. The number of carbonyl (C=O) groups is 1. The average Bonchev–Trinajstić information content (AvgIpc) is 3.00. The SMILES string of the molecule is O=C1OC(CO)CN1c1ccc(OCc2cc(Br)cnc2C(F)(F)F)cn1. The molecule has 3 heterocycles. The van der Waals surface area contributed by atoms with Gasteiger partial charge in [-0.3, -0.25) is 9.88 Å². The quantitative estimate of drug-likeness (QED) is 0.757. The molecule has 11 heteroatoms. The molecule has 0 aliphatic carbocycles. The summed E-state index contributed by atoms with van der Waals surface area (Å²) in [6.07, 6.45) is -3.50. The van der Waals surface area contributed by atoms with Crippen LogP contribution in [0.25, 0.3) is 0 Å². The van der Waals surface area contributed by atoms with Crippen LogP contribution in [0.1, 0.15) is 11.3 Å². The highest BCUT2D eigenvalue weighted by Gasteiger charge is 2.35. The van der Waals surface area contributed by atoms with Crippen LogP contribution in [0.4, 0.5) is 23.8 Å². The molecule has 1 fully saturated rings. The van der Waals surface area contributed by atoms with Crippen molar-refractivity contribution in [3.8, 4) is 5.75 Å². The van der Waals surface area contributed by atoms with Crippen LogP contribution in [0.3, 0.4) is 0 Å². The number of anilines is 1. The Balaban J connectivity index is 1.70. The molecule has 1 aliphatic rings. The van der Waals surface area contributed by atoms with E-state index in [9.17, 15) is 18.0 Å². The van der Waals surface area contributed by atoms with E-state index in [1.165, 1.54) is 29.3 Å². The Morgan fingerprint density at radius 1 is 1.33 bits per heavy atom. The number of hydrogen-bond acceptors (Lipinski definition) is 6. The smallest absolute Gasteiger partial charge is 0.433 e. The fourth-order valence-corrected chi connectivity index (χ4v) is 2.81. The molecule has 1 saturated heterocycles. The number of halogens is 4. The van der Waals surface area contributed by atoms with E-state index in [4.69, 9.17) is 14.6 Å². The third kappa shape index (κ3) is 4.48. The van der Waals surface area contributed by atoms with Gasteiger partial charge in [-0.1, -0.05) is 0 Å². The van der Waals surface area contributed by atoms with Crippen molar-refractivity contribution < 1.29 is 32.5 Å². The standard InChI is InChI=1S/C16H13BrF3N3O4/c17-10-3-9(14(22-4-10)16(18,19)20)8-26-11-1-2-13(21-5-11)23-6-12(7-24)27-15(23)25/h1-5,12,24H,6-8H2. The lowest BCUT2D eigenvalue weighted by Gasteiger charge is -2.14. The summed E-state index contributed by atoms with van der Waals surface area (Å²) in [7, 11) is 0. The molecule has 27 heavy (non-hydrogen) atoms. The van der Waals surface area contributed by atoms with Gasteiger partial charge in [0.2, 0.25) is 0 Å². The summed E-state index contributed by atoms with van der Waals surface area (Å²) in [5.41, 5.74) is -1.15. The van der Waals surface area contributed by atoms with Crippen LogP contribution >= 0.6 is 15.9 Å². The van der Waals surface area contributed by atoms with Crippen LogP contribution in [0, 0.1) is 0 Å². The Kier molecular flexibility index (Phi) is 5.51.